The van der Waals surface area contributed by atoms with Crippen LogP contribution >= 0.6 is 0 Å². The van der Waals surface area contributed by atoms with Gasteiger partial charge in [0.2, 0.25) is 0 Å². The van der Waals surface area contributed by atoms with Gasteiger partial charge in [0.05, 0.1) is 6.17 Å². The second-order valence-electron chi connectivity index (χ2n) is 3.57. The molecule has 58 valence electrons. The number of rotatable bonds is 0. The van der Waals surface area contributed by atoms with Crippen LogP contribution in [0.1, 0.15) is 19.3 Å². The fraction of sp³-hybridized carbons (Fsp3) is 1.00. The Morgan fingerprint density at radius 1 is 1.40 bits per heavy atom. The van der Waals surface area contributed by atoms with Gasteiger partial charge in [0.15, 0.2) is 0 Å². The molecule has 0 spiro atoms. The van der Waals surface area contributed by atoms with Crippen LogP contribution in [0.4, 0.5) is 0 Å². The first kappa shape index (κ1) is 6.62. The summed E-state index contributed by atoms with van der Waals surface area (Å²) >= 11 is 0. The van der Waals surface area contributed by atoms with Crippen LogP contribution in [0.15, 0.2) is 0 Å². The summed E-state index contributed by atoms with van der Waals surface area (Å²) in [6.07, 6.45) is 4.96. The second kappa shape index (κ2) is 2.51. The van der Waals surface area contributed by atoms with Crippen molar-refractivity contribution in [3.05, 3.63) is 0 Å². The van der Waals surface area contributed by atoms with E-state index in [0.29, 0.717) is 6.17 Å². The molecule has 0 radical (unpaired) electrons. The molecule has 2 fully saturated rings. The topological polar surface area (TPSA) is 15.3 Å². The van der Waals surface area contributed by atoms with Gasteiger partial charge in [-0.25, -0.2) is 0 Å². The molecule has 0 saturated carbocycles. The number of fused-ring (bicyclic) bond motifs is 1. The molecule has 0 amide bonds. The first-order valence-electron chi connectivity index (χ1n) is 4.31. The van der Waals surface area contributed by atoms with Gasteiger partial charge >= 0.3 is 0 Å². The van der Waals surface area contributed by atoms with Crippen molar-refractivity contribution >= 4 is 0 Å². The van der Waals surface area contributed by atoms with E-state index in [-0.39, 0.29) is 0 Å². The van der Waals surface area contributed by atoms with E-state index in [1.165, 1.54) is 32.4 Å². The van der Waals surface area contributed by atoms with E-state index < -0.39 is 0 Å². The summed E-state index contributed by atoms with van der Waals surface area (Å²) in [6.45, 7) is 2.52. The Hall–Kier alpha value is -0.0800. The van der Waals surface area contributed by atoms with Crippen molar-refractivity contribution in [2.24, 2.45) is 5.92 Å². The van der Waals surface area contributed by atoms with Crippen molar-refractivity contribution in [2.75, 3.05) is 20.1 Å². The molecule has 2 heteroatoms. The highest BCUT2D eigenvalue weighted by Crippen LogP contribution is 2.27. The zero-order chi connectivity index (χ0) is 6.97. The molecule has 0 unspecified atom stereocenters. The van der Waals surface area contributed by atoms with Crippen LogP contribution in [0.25, 0.3) is 0 Å². The molecular weight excluding hydrogens is 124 g/mol. The molecule has 2 aliphatic rings. The van der Waals surface area contributed by atoms with Crippen molar-refractivity contribution in [2.45, 2.75) is 25.4 Å². The van der Waals surface area contributed by atoms with Crippen molar-refractivity contribution < 1.29 is 0 Å². The zero-order valence-electron chi connectivity index (χ0n) is 6.64. The Balaban J connectivity index is 2.01. The van der Waals surface area contributed by atoms with Crippen LogP contribution < -0.4 is 5.32 Å². The molecule has 2 rings (SSSR count). The number of likely N-dealkylation sites (tertiary alicyclic amines) is 1. The van der Waals surface area contributed by atoms with Gasteiger partial charge in [0.1, 0.15) is 0 Å². The minimum Gasteiger partial charge on any atom is -0.302 e. The Labute approximate surface area is 62.6 Å². The van der Waals surface area contributed by atoms with Crippen molar-refractivity contribution in [1.29, 1.82) is 0 Å². The monoisotopic (exact) mass is 140 g/mol. The molecule has 2 heterocycles. The summed E-state index contributed by atoms with van der Waals surface area (Å²) in [4.78, 5) is 2.45. The lowest BCUT2D eigenvalue weighted by Gasteiger charge is -2.30. The van der Waals surface area contributed by atoms with E-state index in [4.69, 9.17) is 0 Å². The Kier molecular flexibility index (Phi) is 1.66. The fourth-order valence-corrected chi connectivity index (χ4v) is 2.27. The molecule has 0 aliphatic carbocycles. The molecule has 0 aromatic carbocycles. The standard InChI is InChI=1S/C8H16N2/c1-10-6-4-7-3-2-5-9-8(7)10/h7-9H,2-6H2,1H3/t7-,8+/m1/s1. The van der Waals surface area contributed by atoms with Gasteiger partial charge in [-0.15, -0.1) is 0 Å². The van der Waals surface area contributed by atoms with Gasteiger partial charge in [-0.1, -0.05) is 0 Å². The predicted molar refractivity (Wildman–Crippen MR) is 41.8 cm³/mol. The Bertz CT molecular complexity index is 122. The van der Waals surface area contributed by atoms with Gasteiger partial charge in [-0.05, 0) is 45.3 Å². The third-order valence-corrected chi connectivity index (χ3v) is 2.88. The van der Waals surface area contributed by atoms with Crippen molar-refractivity contribution in [3.63, 3.8) is 0 Å². The zero-order valence-corrected chi connectivity index (χ0v) is 6.64. The van der Waals surface area contributed by atoms with Gasteiger partial charge < -0.3 is 5.32 Å². The minimum absolute atomic E-state index is 0.716. The van der Waals surface area contributed by atoms with Gasteiger partial charge in [0, 0.05) is 0 Å². The maximum absolute atomic E-state index is 3.56. The van der Waals surface area contributed by atoms with E-state index in [9.17, 15) is 0 Å². The smallest absolute Gasteiger partial charge is 0.0624 e. The summed E-state index contributed by atoms with van der Waals surface area (Å²) < 4.78 is 0. The molecule has 0 aromatic heterocycles. The molecule has 2 nitrogen and oxygen atoms in total. The Morgan fingerprint density at radius 2 is 2.30 bits per heavy atom. The van der Waals surface area contributed by atoms with Crippen LogP contribution in [0.5, 0.6) is 0 Å². The lowest BCUT2D eigenvalue weighted by Crippen LogP contribution is -2.46. The number of hydrogen-bond acceptors (Lipinski definition) is 2. The molecule has 1 N–H and O–H groups in total. The summed E-state index contributed by atoms with van der Waals surface area (Å²) in [5.41, 5.74) is 0. The molecule has 0 aromatic rings. The van der Waals surface area contributed by atoms with Crippen molar-refractivity contribution in [1.82, 2.24) is 10.2 Å². The van der Waals surface area contributed by atoms with Gasteiger partial charge in [-0.2, -0.15) is 0 Å². The normalized spacial score (nSPS) is 41.7. The quantitative estimate of drug-likeness (QED) is 0.531. The first-order chi connectivity index (χ1) is 4.88. The number of piperidine rings is 1. The number of nitrogens with one attached hydrogen (secondary N) is 1. The van der Waals surface area contributed by atoms with Crippen LogP contribution in [-0.4, -0.2) is 31.2 Å². The van der Waals surface area contributed by atoms with Crippen LogP contribution in [0.2, 0.25) is 0 Å². The Morgan fingerprint density at radius 3 is 3.10 bits per heavy atom. The molecule has 2 atom stereocenters. The first-order valence-corrected chi connectivity index (χ1v) is 4.31. The van der Waals surface area contributed by atoms with E-state index in [1.807, 2.05) is 0 Å². The van der Waals surface area contributed by atoms with Crippen LogP contribution in [0.3, 0.4) is 0 Å². The van der Waals surface area contributed by atoms with Crippen LogP contribution in [0, 0.1) is 5.92 Å². The molecule has 0 bridgehead atoms. The van der Waals surface area contributed by atoms with E-state index in [0.717, 1.165) is 5.92 Å². The molecule has 2 aliphatic heterocycles. The SMILES string of the molecule is CN1CC[C@H]2CCCN[C@H]21. The highest BCUT2D eigenvalue weighted by Gasteiger charge is 2.32. The largest absolute Gasteiger partial charge is 0.302 e. The van der Waals surface area contributed by atoms with Gasteiger partial charge in [0.25, 0.3) is 0 Å². The average Bonchev–Trinajstić information content (AvgIpc) is 2.34. The highest BCUT2D eigenvalue weighted by atomic mass is 15.3. The predicted octanol–water partition coefficient (Wildman–Crippen LogP) is 0.648. The van der Waals surface area contributed by atoms with Crippen LogP contribution in [-0.2, 0) is 0 Å². The van der Waals surface area contributed by atoms with E-state index in [1.54, 1.807) is 0 Å². The maximum Gasteiger partial charge on any atom is 0.0624 e. The number of hydrogen-bond donors (Lipinski definition) is 1. The third kappa shape index (κ3) is 0.956. The molecular formula is C8H16N2. The summed E-state index contributed by atoms with van der Waals surface area (Å²) in [7, 11) is 2.23. The second-order valence-corrected chi connectivity index (χ2v) is 3.57. The fourth-order valence-electron chi connectivity index (χ4n) is 2.27. The van der Waals surface area contributed by atoms with Crippen molar-refractivity contribution in [3.8, 4) is 0 Å². The molecule has 2 saturated heterocycles. The summed E-state index contributed by atoms with van der Waals surface area (Å²) in [5.74, 6) is 0.957. The van der Waals surface area contributed by atoms with Gasteiger partial charge in [-0.3, -0.25) is 4.90 Å². The maximum atomic E-state index is 3.56. The lowest BCUT2D eigenvalue weighted by atomic mass is 9.96. The molecule has 10 heavy (non-hydrogen) atoms. The van der Waals surface area contributed by atoms with E-state index in [2.05, 4.69) is 17.3 Å². The van der Waals surface area contributed by atoms with E-state index >= 15 is 0 Å². The summed E-state index contributed by atoms with van der Waals surface area (Å²) in [6, 6.07) is 0. The highest BCUT2D eigenvalue weighted by molar-refractivity contribution is 4.86. The third-order valence-electron chi connectivity index (χ3n) is 2.88. The average molecular weight is 140 g/mol. The lowest BCUT2D eigenvalue weighted by molar-refractivity contribution is 0.190. The summed E-state index contributed by atoms with van der Waals surface area (Å²) in [5, 5.41) is 3.56. The number of nitrogens with zero attached hydrogens (tertiary/aromatic N) is 1. The minimum atomic E-state index is 0.716.